The molecule has 1 fully saturated rings. The number of hydrogen-bond acceptors (Lipinski definition) is 4. The van der Waals surface area contributed by atoms with Gasteiger partial charge in [-0.1, -0.05) is 0 Å². The predicted octanol–water partition coefficient (Wildman–Crippen LogP) is 0.635. The second kappa shape index (κ2) is 4.71. The van der Waals surface area contributed by atoms with Gasteiger partial charge < -0.3 is 15.7 Å². The fraction of sp³-hybridized carbons (Fsp3) is 0.500. The van der Waals surface area contributed by atoms with Gasteiger partial charge in [0, 0.05) is 24.3 Å². The number of nitrogen functional groups attached to an aromatic ring is 1. The Kier molecular flexibility index (Phi) is 3.28. The normalized spacial score (nSPS) is 20.4. The topological polar surface area (TPSA) is 86.2 Å². The Balaban J connectivity index is 2.28. The van der Waals surface area contributed by atoms with E-state index in [0.717, 1.165) is 30.9 Å². The van der Waals surface area contributed by atoms with E-state index in [-0.39, 0.29) is 11.9 Å². The second-order valence-electron chi connectivity index (χ2n) is 4.51. The number of nitrogens with two attached hydrogens (primary N) is 1. The van der Waals surface area contributed by atoms with Crippen LogP contribution in [0, 0.1) is 12.3 Å². The van der Waals surface area contributed by atoms with Crippen LogP contribution in [-0.2, 0) is 0 Å². The number of β-amino-alcohol motifs (C(OH)–C–C–N with tert-alkyl or cyclic N) is 1. The molecule has 0 bridgehead atoms. The van der Waals surface area contributed by atoms with E-state index >= 15 is 0 Å². The summed E-state index contributed by atoms with van der Waals surface area (Å²) in [5.74, 6) is 0.850. The van der Waals surface area contributed by atoms with E-state index in [1.54, 1.807) is 6.07 Å². The van der Waals surface area contributed by atoms with Crippen LogP contribution in [-0.4, -0.2) is 35.1 Å². The molecule has 5 nitrogen and oxygen atoms in total. The lowest BCUT2D eigenvalue weighted by Crippen LogP contribution is -2.38. The maximum atomic E-state index is 9.65. The van der Waals surface area contributed by atoms with Crippen LogP contribution in [0.4, 0.5) is 5.82 Å². The van der Waals surface area contributed by atoms with Gasteiger partial charge in [0.15, 0.2) is 0 Å². The van der Waals surface area contributed by atoms with E-state index in [1.165, 1.54) is 0 Å². The van der Waals surface area contributed by atoms with E-state index in [4.69, 9.17) is 11.1 Å². The lowest BCUT2D eigenvalue weighted by atomic mass is 10.1. The standard InChI is InChI=1S/C12H18N4O/c1-8-5-9(12(13)14)6-11(15-8)16-4-2-3-10(17)7-16/h5-6,10,17H,2-4,7H2,1H3,(H3,13,14). The van der Waals surface area contributed by atoms with Crippen molar-refractivity contribution in [1.29, 1.82) is 5.41 Å². The third-order valence-electron chi connectivity index (χ3n) is 2.97. The van der Waals surface area contributed by atoms with Crippen molar-refractivity contribution in [2.45, 2.75) is 25.9 Å². The van der Waals surface area contributed by atoms with Crippen LogP contribution in [0.3, 0.4) is 0 Å². The molecule has 0 aromatic carbocycles. The highest BCUT2D eigenvalue weighted by atomic mass is 16.3. The number of aromatic nitrogens is 1. The molecule has 0 radical (unpaired) electrons. The van der Waals surface area contributed by atoms with Crippen molar-refractivity contribution < 1.29 is 5.11 Å². The average molecular weight is 234 g/mol. The summed E-state index contributed by atoms with van der Waals surface area (Å²) in [4.78, 5) is 6.49. The van der Waals surface area contributed by atoms with Crippen molar-refractivity contribution in [2.24, 2.45) is 5.73 Å². The lowest BCUT2D eigenvalue weighted by molar-refractivity contribution is 0.154. The minimum Gasteiger partial charge on any atom is -0.391 e. The van der Waals surface area contributed by atoms with E-state index in [1.807, 2.05) is 17.9 Å². The highest BCUT2D eigenvalue weighted by Gasteiger charge is 2.19. The molecule has 0 amide bonds. The molecule has 1 atom stereocenters. The van der Waals surface area contributed by atoms with Crippen LogP contribution in [0.2, 0.25) is 0 Å². The van der Waals surface area contributed by atoms with Crippen LogP contribution in [0.5, 0.6) is 0 Å². The number of aliphatic hydroxyl groups excluding tert-OH is 1. The van der Waals surface area contributed by atoms with Crippen molar-refractivity contribution in [3.05, 3.63) is 23.4 Å². The number of piperidine rings is 1. The molecule has 2 heterocycles. The molecule has 1 aromatic heterocycles. The Morgan fingerprint density at radius 1 is 1.59 bits per heavy atom. The summed E-state index contributed by atoms with van der Waals surface area (Å²) in [6.07, 6.45) is 1.53. The predicted molar refractivity (Wildman–Crippen MR) is 67.4 cm³/mol. The summed E-state index contributed by atoms with van der Waals surface area (Å²) in [7, 11) is 0. The molecule has 5 heteroatoms. The molecule has 92 valence electrons. The number of anilines is 1. The molecule has 1 saturated heterocycles. The number of aryl methyl sites for hydroxylation is 1. The number of rotatable bonds is 2. The van der Waals surface area contributed by atoms with Gasteiger partial charge in [-0.15, -0.1) is 0 Å². The minimum absolute atomic E-state index is 0.0503. The molecule has 2 rings (SSSR count). The van der Waals surface area contributed by atoms with Crippen LogP contribution >= 0.6 is 0 Å². The van der Waals surface area contributed by atoms with Crippen LogP contribution in [0.1, 0.15) is 24.1 Å². The monoisotopic (exact) mass is 234 g/mol. The zero-order chi connectivity index (χ0) is 12.4. The van der Waals surface area contributed by atoms with Gasteiger partial charge in [0.1, 0.15) is 11.7 Å². The quantitative estimate of drug-likeness (QED) is 0.517. The van der Waals surface area contributed by atoms with Crippen molar-refractivity contribution in [3.8, 4) is 0 Å². The van der Waals surface area contributed by atoms with Gasteiger partial charge in [-0.05, 0) is 31.9 Å². The number of nitrogens with one attached hydrogen (secondary N) is 1. The Morgan fingerprint density at radius 2 is 2.35 bits per heavy atom. The fourth-order valence-corrected chi connectivity index (χ4v) is 2.13. The molecule has 0 spiro atoms. The van der Waals surface area contributed by atoms with Crippen LogP contribution in [0.15, 0.2) is 12.1 Å². The first-order valence-electron chi connectivity index (χ1n) is 5.82. The van der Waals surface area contributed by atoms with E-state index in [9.17, 15) is 5.11 Å². The van der Waals surface area contributed by atoms with Gasteiger partial charge in [-0.2, -0.15) is 0 Å². The van der Waals surface area contributed by atoms with Gasteiger partial charge in [-0.3, -0.25) is 5.41 Å². The molecule has 1 aliphatic rings. The van der Waals surface area contributed by atoms with Gasteiger partial charge in [0.05, 0.1) is 6.10 Å². The zero-order valence-electron chi connectivity index (χ0n) is 9.98. The highest BCUT2D eigenvalue weighted by Crippen LogP contribution is 2.19. The molecule has 17 heavy (non-hydrogen) atoms. The first-order chi connectivity index (χ1) is 8.06. The number of aliphatic hydroxyl groups is 1. The third-order valence-corrected chi connectivity index (χ3v) is 2.97. The van der Waals surface area contributed by atoms with Crippen LogP contribution < -0.4 is 10.6 Å². The number of hydrogen-bond donors (Lipinski definition) is 3. The van der Waals surface area contributed by atoms with Crippen LogP contribution in [0.25, 0.3) is 0 Å². The van der Waals surface area contributed by atoms with Gasteiger partial charge in [0.2, 0.25) is 0 Å². The largest absolute Gasteiger partial charge is 0.391 e. The Bertz CT molecular complexity index is 433. The molecular weight excluding hydrogens is 216 g/mol. The first kappa shape index (κ1) is 11.9. The average Bonchev–Trinajstić information content (AvgIpc) is 2.28. The fourth-order valence-electron chi connectivity index (χ4n) is 2.13. The highest BCUT2D eigenvalue weighted by molar-refractivity contribution is 5.95. The first-order valence-corrected chi connectivity index (χ1v) is 5.82. The lowest BCUT2D eigenvalue weighted by Gasteiger charge is -2.31. The second-order valence-corrected chi connectivity index (χ2v) is 4.51. The minimum atomic E-state index is -0.285. The number of nitrogens with zero attached hydrogens (tertiary/aromatic N) is 2. The molecule has 1 aromatic rings. The van der Waals surface area contributed by atoms with Gasteiger partial charge in [-0.25, -0.2) is 4.98 Å². The van der Waals surface area contributed by atoms with E-state index in [2.05, 4.69) is 4.98 Å². The van der Waals surface area contributed by atoms with Crippen molar-refractivity contribution in [2.75, 3.05) is 18.0 Å². The third kappa shape index (κ3) is 2.74. The number of amidine groups is 1. The molecular formula is C12H18N4O. The maximum absolute atomic E-state index is 9.65. The summed E-state index contributed by atoms with van der Waals surface area (Å²) in [6, 6.07) is 3.61. The summed E-state index contributed by atoms with van der Waals surface area (Å²) < 4.78 is 0. The SMILES string of the molecule is Cc1cc(C(=N)N)cc(N2CCCC(O)C2)n1. The Labute approximate surface area is 101 Å². The zero-order valence-corrected chi connectivity index (χ0v) is 9.98. The summed E-state index contributed by atoms with van der Waals surface area (Å²) in [5.41, 5.74) is 7.02. The molecule has 4 N–H and O–H groups in total. The molecule has 1 unspecified atom stereocenters. The van der Waals surface area contributed by atoms with Crippen molar-refractivity contribution in [3.63, 3.8) is 0 Å². The Morgan fingerprint density at radius 3 is 3.00 bits per heavy atom. The van der Waals surface area contributed by atoms with E-state index in [0.29, 0.717) is 12.1 Å². The van der Waals surface area contributed by atoms with Crippen molar-refractivity contribution >= 4 is 11.7 Å². The Hall–Kier alpha value is -1.62. The molecule has 0 aliphatic carbocycles. The summed E-state index contributed by atoms with van der Waals surface area (Å²) in [6.45, 7) is 3.38. The smallest absolute Gasteiger partial charge is 0.129 e. The molecule has 1 aliphatic heterocycles. The number of pyridine rings is 1. The van der Waals surface area contributed by atoms with Gasteiger partial charge >= 0.3 is 0 Å². The molecule has 0 saturated carbocycles. The summed E-state index contributed by atoms with van der Waals surface area (Å²) in [5, 5.41) is 17.1. The summed E-state index contributed by atoms with van der Waals surface area (Å²) >= 11 is 0. The van der Waals surface area contributed by atoms with Gasteiger partial charge in [0.25, 0.3) is 0 Å². The van der Waals surface area contributed by atoms with E-state index < -0.39 is 0 Å². The maximum Gasteiger partial charge on any atom is 0.129 e. The van der Waals surface area contributed by atoms with Crippen molar-refractivity contribution in [1.82, 2.24) is 4.98 Å².